The largest absolute Gasteiger partial charge is 0.464 e. The Labute approximate surface area is 115 Å². The molecule has 1 atom stereocenters. The van der Waals surface area contributed by atoms with Crippen LogP contribution in [0.25, 0.3) is 0 Å². The molecule has 1 aliphatic rings. The number of methoxy groups -OCH3 is 1. The van der Waals surface area contributed by atoms with Gasteiger partial charge in [-0.05, 0) is 25.0 Å². The number of benzene rings is 1. The molecule has 1 fully saturated rings. The van der Waals surface area contributed by atoms with Gasteiger partial charge in [0, 0.05) is 6.42 Å². The van der Waals surface area contributed by atoms with Crippen molar-refractivity contribution in [3.63, 3.8) is 0 Å². The highest BCUT2D eigenvalue weighted by molar-refractivity contribution is 6.41. The summed E-state index contributed by atoms with van der Waals surface area (Å²) in [6.45, 7) is 0.556. The van der Waals surface area contributed by atoms with E-state index in [2.05, 4.69) is 4.74 Å². The molecule has 0 bridgehead atoms. The van der Waals surface area contributed by atoms with Gasteiger partial charge in [0.05, 0.1) is 13.7 Å². The Morgan fingerprint density at radius 2 is 2.15 bits per heavy atom. The number of ketones is 1. The number of esters is 1. The lowest BCUT2D eigenvalue weighted by atomic mass is 10.1. The predicted octanol–water partition coefficient (Wildman–Crippen LogP) is 2.09. The third-order valence-corrected chi connectivity index (χ3v) is 2.97. The van der Waals surface area contributed by atoms with Crippen molar-refractivity contribution in [1.29, 1.82) is 0 Å². The lowest BCUT2D eigenvalue weighted by Gasteiger charge is -2.24. The molecule has 1 aliphatic heterocycles. The molecular formula is C14H15FO5. The minimum Gasteiger partial charge on any atom is -0.464 e. The van der Waals surface area contributed by atoms with E-state index in [-0.39, 0.29) is 5.75 Å². The number of halogens is 1. The van der Waals surface area contributed by atoms with E-state index in [4.69, 9.17) is 9.47 Å². The average Bonchev–Trinajstić information content (AvgIpc) is 2.47. The molecule has 0 amide bonds. The van der Waals surface area contributed by atoms with Gasteiger partial charge in [0.15, 0.2) is 6.29 Å². The summed E-state index contributed by atoms with van der Waals surface area (Å²) in [5.74, 6) is -3.04. The van der Waals surface area contributed by atoms with Gasteiger partial charge in [-0.15, -0.1) is 0 Å². The fourth-order valence-electron chi connectivity index (χ4n) is 1.96. The van der Waals surface area contributed by atoms with E-state index in [1.165, 1.54) is 12.1 Å². The molecule has 0 aliphatic carbocycles. The Hall–Kier alpha value is -1.95. The van der Waals surface area contributed by atoms with E-state index in [1.54, 1.807) is 0 Å². The number of hydrogen-bond acceptors (Lipinski definition) is 5. The molecular weight excluding hydrogens is 267 g/mol. The first-order chi connectivity index (χ1) is 9.63. The summed E-state index contributed by atoms with van der Waals surface area (Å²) in [6.07, 6.45) is 1.99. The van der Waals surface area contributed by atoms with Gasteiger partial charge in [-0.25, -0.2) is 9.18 Å². The van der Waals surface area contributed by atoms with Crippen molar-refractivity contribution in [2.75, 3.05) is 13.7 Å². The van der Waals surface area contributed by atoms with Gasteiger partial charge < -0.3 is 14.2 Å². The third-order valence-electron chi connectivity index (χ3n) is 2.97. The number of hydrogen-bond donors (Lipinski definition) is 0. The van der Waals surface area contributed by atoms with Crippen molar-refractivity contribution in [2.24, 2.45) is 0 Å². The van der Waals surface area contributed by atoms with Crippen LogP contribution in [0.2, 0.25) is 0 Å². The first-order valence-electron chi connectivity index (χ1n) is 6.33. The van der Waals surface area contributed by atoms with Crippen molar-refractivity contribution in [2.45, 2.75) is 25.6 Å². The Morgan fingerprint density at radius 3 is 2.80 bits per heavy atom. The number of carbonyl (C=O) groups excluding carboxylic acids is 2. The first-order valence-corrected chi connectivity index (χ1v) is 6.33. The van der Waals surface area contributed by atoms with Crippen LogP contribution in [-0.4, -0.2) is 31.8 Å². The summed E-state index contributed by atoms with van der Waals surface area (Å²) in [5.41, 5.74) is -0.423. The van der Waals surface area contributed by atoms with E-state index in [0.29, 0.717) is 13.0 Å². The standard InChI is InChI=1S/C14H15FO5/c1-18-14(17)13(16)12-9(15)5-4-6-10(12)20-11-7-2-3-8-19-11/h4-6,11H,2-3,7-8H2,1H3. The lowest BCUT2D eigenvalue weighted by molar-refractivity contribution is -0.135. The molecule has 1 aromatic carbocycles. The molecule has 0 aromatic heterocycles. The summed E-state index contributed by atoms with van der Waals surface area (Å²) >= 11 is 0. The molecule has 2 rings (SSSR count). The Morgan fingerprint density at radius 1 is 1.35 bits per heavy atom. The highest BCUT2D eigenvalue weighted by atomic mass is 19.1. The van der Waals surface area contributed by atoms with Crippen molar-refractivity contribution in [3.8, 4) is 5.75 Å². The Kier molecular flexibility index (Phi) is 4.68. The number of rotatable bonds is 4. The molecule has 20 heavy (non-hydrogen) atoms. The molecule has 5 nitrogen and oxygen atoms in total. The van der Waals surface area contributed by atoms with Crippen LogP contribution in [0.3, 0.4) is 0 Å². The molecule has 1 unspecified atom stereocenters. The molecule has 0 spiro atoms. The second-order valence-corrected chi connectivity index (χ2v) is 4.35. The minimum absolute atomic E-state index is 0.00713. The van der Waals surface area contributed by atoms with Gasteiger partial charge in [0.2, 0.25) is 0 Å². The fraction of sp³-hybridized carbons (Fsp3) is 0.429. The van der Waals surface area contributed by atoms with Crippen LogP contribution in [-0.2, 0) is 14.3 Å². The molecule has 0 saturated carbocycles. The van der Waals surface area contributed by atoms with Gasteiger partial charge >= 0.3 is 5.97 Å². The van der Waals surface area contributed by atoms with Crippen molar-refractivity contribution >= 4 is 11.8 Å². The number of Topliss-reactive ketones (excluding diaryl/α,β-unsaturated/α-hetero) is 1. The SMILES string of the molecule is COC(=O)C(=O)c1c(F)cccc1OC1CCCCO1. The van der Waals surface area contributed by atoms with Gasteiger partial charge in [-0.1, -0.05) is 6.07 Å². The zero-order valence-corrected chi connectivity index (χ0v) is 11.1. The smallest absolute Gasteiger partial charge is 0.379 e. The van der Waals surface area contributed by atoms with E-state index >= 15 is 0 Å². The minimum atomic E-state index is -1.13. The number of carbonyl (C=O) groups is 2. The van der Waals surface area contributed by atoms with Crippen LogP contribution in [0.1, 0.15) is 29.6 Å². The van der Waals surface area contributed by atoms with Gasteiger partial charge in [0.25, 0.3) is 5.78 Å². The van der Waals surface area contributed by atoms with E-state index in [0.717, 1.165) is 26.0 Å². The summed E-state index contributed by atoms with van der Waals surface area (Å²) < 4.78 is 29.0. The first kappa shape index (κ1) is 14.5. The predicted molar refractivity (Wildman–Crippen MR) is 67.0 cm³/mol. The van der Waals surface area contributed by atoms with Gasteiger partial charge in [-0.3, -0.25) is 4.79 Å². The summed E-state index contributed by atoms with van der Waals surface area (Å²) in [6, 6.07) is 3.92. The molecule has 0 N–H and O–H groups in total. The molecule has 108 valence electrons. The zero-order valence-electron chi connectivity index (χ0n) is 11.1. The van der Waals surface area contributed by atoms with Crippen LogP contribution in [0.4, 0.5) is 4.39 Å². The average molecular weight is 282 g/mol. The summed E-state index contributed by atoms with van der Waals surface area (Å²) in [7, 11) is 1.06. The van der Waals surface area contributed by atoms with Gasteiger partial charge in [0.1, 0.15) is 17.1 Å². The van der Waals surface area contributed by atoms with Crippen LogP contribution in [0, 0.1) is 5.82 Å². The van der Waals surface area contributed by atoms with Crippen LogP contribution >= 0.6 is 0 Å². The molecule has 1 saturated heterocycles. The van der Waals surface area contributed by atoms with E-state index in [9.17, 15) is 14.0 Å². The molecule has 1 heterocycles. The third kappa shape index (κ3) is 3.14. The zero-order chi connectivity index (χ0) is 14.5. The summed E-state index contributed by atoms with van der Waals surface area (Å²) in [4.78, 5) is 23.1. The monoisotopic (exact) mass is 282 g/mol. The highest BCUT2D eigenvalue weighted by Crippen LogP contribution is 2.26. The van der Waals surface area contributed by atoms with Crippen molar-refractivity contribution in [3.05, 3.63) is 29.6 Å². The second kappa shape index (κ2) is 6.47. The second-order valence-electron chi connectivity index (χ2n) is 4.35. The van der Waals surface area contributed by atoms with Crippen molar-refractivity contribution < 1.29 is 28.2 Å². The highest BCUT2D eigenvalue weighted by Gasteiger charge is 2.27. The maximum atomic E-state index is 13.8. The maximum absolute atomic E-state index is 13.8. The van der Waals surface area contributed by atoms with Crippen LogP contribution < -0.4 is 4.74 Å². The Bertz CT molecular complexity index is 508. The topological polar surface area (TPSA) is 61.8 Å². The normalized spacial score (nSPS) is 18.4. The molecule has 1 aromatic rings. The summed E-state index contributed by atoms with van der Waals surface area (Å²) in [5, 5.41) is 0. The van der Waals surface area contributed by atoms with E-state index in [1.807, 2.05) is 0 Å². The maximum Gasteiger partial charge on any atom is 0.379 e. The van der Waals surface area contributed by atoms with Crippen LogP contribution in [0.5, 0.6) is 5.75 Å². The quantitative estimate of drug-likeness (QED) is 0.480. The van der Waals surface area contributed by atoms with Crippen molar-refractivity contribution in [1.82, 2.24) is 0 Å². The van der Waals surface area contributed by atoms with Crippen LogP contribution in [0.15, 0.2) is 18.2 Å². The Balaban J connectivity index is 2.25. The fourth-order valence-corrected chi connectivity index (χ4v) is 1.96. The number of ether oxygens (including phenoxy) is 3. The lowest BCUT2D eigenvalue weighted by Crippen LogP contribution is -2.27. The van der Waals surface area contributed by atoms with Gasteiger partial charge in [-0.2, -0.15) is 0 Å². The molecule has 6 heteroatoms. The molecule has 0 radical (unpaired) electrons. The van der Waals surface area contributed by atoms with E-state index < -0.39 is 29.4 Å².